The zero-order valence-electron chi connectivity index (χ0n) is 13.3. The van der Waals surface area contributed by atoms with Gasteiger partial charge in [0.25, 0.3) is 5.91 Å². The zero-order valence-corrected chi connectivity index (χ0v) is 14.0. The maximum absolute atomic E-state index is 12.8. The van der Waals surface area contributed by atoms with Crippen molar-refractivity contribution in [3.8, 4) is 0 Å². The minimum absolute atomic E-state index is 0.223. The number of carbonyl (C=O) groups is 2. The van der Waals surface area contributed by atoms with Crippen molar-refractivity contribution in [2.75, 3.05) is 6.61 Å². The summed E-state index contributed by atoms with van der Waals surface area (Å²) in [6.07, 6.45) is 2.09. The molecule has 5 heteroatoms. The fraction of sp³-hybridized carbons (Fsp3) is 0.333. The van der Waals surface area contributed by atoms with E-state index in [-0.39, 0.29) is 18.6 Å². The Morgan fingerprint density at radius 1 is 1.35 bits per heavy atom. The van der Waals surface area contributed by atoms with Gasteiger partial charge in [0.1, 0.15) is 6.61 Å². The first-order valence-electron chi connectivity index (χ1n) is 7.50. The Hall–Kier alpha value is -2.07. The first-order valence-corrected chi connectivity index (χ1v) is 7.94. The molecule has 4 nitrogen and oxygen atoms in total. The Kier molecular flexibility index (Phi) is 5.99. The van der Waals surface area contributed by atoms with E-state index in [1.165, 1.54) is 10.4 Å². The molecular weight excluding hydrogens is 314 g/mol. The predicted octanol–water partition coefficient (Wildman–Crippen LogP) is 4.06. The third-order valence-electron chi connectivity index (χ3n) is 3.77. The van der Waals surface area contributed by atoms with Crippen LogP contribution in [0, 0.1) is 0 Å². The summed E-state index contributed by atoms with van der Waals surface area (Å²) in [4.78, 5) is 26.1. The van der Waals surface area contributed by atoms with Crippen molar-refractivity contribution in [2.45, 2.75) is 32.7 Å². The van der Waals surface area contributed by atoms with Gasteiger partial charge in [0.2, 0.25) is 0 Å². The summed E-state index contributed by atoms with van der Waals surface area (Å²) in [5.41, 5.74) is 3.87. The summed E-state index contributed by atoms with van der Waals surface area (Å²) < 4.78 is 5.11. The third kappa shape index (κ3) is 4.23. The Balaban J connectivity index is 2.21. The number of hydrogen-bond acceptors (Lipinski definition) is 3. The molecule has 0 saturated carbocycles. The number of benzene rings is 1. The third-order valence-corrected chi connectivity index (χ3v) is 3.94. The van der Waals surface area contributed by atoms with E-state index in [0.29, 0.717) is 18.4 Å². The molecule has 0 N–H and O–H groups in total. The van der Waals surface area contributed by atoms with Gasteiger partial charge in [-0.2, -0.15) is 0 Å². The highest BCUT2D eigenvalue weighted by Gasteiger charge is 2.39. The van der Waals surface area contributed by atoms with Crippen molar-refractivity contribution in [1.82, 2.24) is 4.90 Å². The minimum atomic E-state index is -0.579. The molecule has 0 radical (unpaired) electrons. The number of allylic oxidation sites excluding steroid dienone is 2. The molecule has 122 valence electrons. The molecule has 2 rings (SSSR count). The summed E-state index contributed by atoms with van der Waals surface area (Å²) in [6.45, 7) is 3.92. The number of halogens is 1. The number of imide groups is 1. The van der Waals surface area contributed by atoms with Gasteiger partial charge in [0.05, 0.1) is 6.04 Å². The largest absolute Gasteiger partial charge is 0.447 e. The summed E-state index contributed by atoms with van der Waals surface area (Å²) in [5, 5.41) is 0. The Bertz CT molecular complexity index is 633. The van der Waals surface area contributed by atoms with Gasteiger partial charge in [-0.3, -0.25) is 4.79 Å². The maximum atomic E-state index is 12.8. The number of cyclic esters (lactones) is 1. The lowest BCUT2D eigenvalue weighted by molar-refractivity contribution is -0.125. The summed E-state index contributed by atoms with van der Waals surface area (Å²) in [7, 11) is 0. The van der Waals surface area contributed by atoms with Crippen LogP contribution in [0.3, 0.4) is 0 Å². The number of hydrogen-bond donors (Lipinski definition) is 0. The highest BCUT2D eigenvalue weighted by Crippen LogP contribution is 2.22. The fourth-order valence-electron chi connectivity index (χ4n) is 2.56. The van der Waals surface area contributed by atoms with Gasteiger partial charge in [-0.05, 0) is 32.3 Å². The number of ether oxygens (including phenoxy) is 1. The number of carbonyl (C=O) groups excluding carboxylic acids is 2. The van der Waals surface area contributed by atoms with Crippen LogP contribution in [0.25, 0.3) is 0 Å². The lowest BCUT2D eigenvalue weighted by Crippen LogP contribution is -2.41. The van der Waals surface area contributed by atoms with Crippen molar-refractivity contribution >= 4 is 23.6 Å². The molecule has 0 aliphatic carbocycles. The first kappa shape index (κ1) is 17.3. The van der Waals surface area contributed by atoms with Crippen LogP contribution in [0.5, 0.6) is 0 Å². The van der Waals surface area contributed by atoms with Gasteiger partial charge in [-0.25, -0.2) is 9.69 Å². The Labute approximate surface area is 141 Å². The van der Waals surface area contributed by atoms with Gasteiger partial charge in [0.15, 0.2) is 0 Å². The van der Waals surface area contributed by atoms with Crippen molar-refractivity contribution in [2.24, 2.45) is 0 Å². The van der Waals surface area contributed by atoms with Crippen molar-refractivity contribution < 1.29 is 14.3 Å². The Morgan fingerprint density at radius 2 is 2.04 bits per heavy atom. The van der Waals surface area contributed by atoms with Crippen LogP contribution in [0.15, 0.2) is 53.1 Å². The van der Waals surface area contributed by atoms with Gasteiger partial charge in [-0.15, -0.1) is 0 Å². The van der Waals surface area contributed by atoms with Crippen LogP contribution in [-0.2, 0) is 16.0 Å². The highest BCUT2D eigenvalue weighted by atomic mass is 35.5. The lowest BCUT2D eigenvalue weighted by atomic mass is 10.0. The molecule has 23 heavy (non-hydrogen) atoms. The molecule has 1 aliphatic heterocycles. The second-order valence-electron chi connectivity index (χ2n) is 5.64. The molecule has 1 saturated heterocycles. The maximum Gasteiger partial charge on any atom is 0.417 e. The SMILES string of the molecule is CC(C)=C(CC=CCl)C(=O)N1C(=O)OCC1Cc1ccccc1. The Morgan fingerprint density at radius 3 is 2.65 bits per heavy atom. The summed E-state index contributed by atoms with van der Waals surface area (Å²) in [6, 6.07) is 9.47. The average Bonchev–Trinajstić information content (AvgIpc) is 2.88. The monoisotopic (exact) mass is 333 g/mol. The van der Waals surface area contributed by atoms with Crippen molar-refractivity contribution in [3.63, 3.8) is 0 Å². The first-order chi connectivity index (χ1) is 11.0. The van der Waals surface area contributed by atoms with E-state index in [2.05, 4.69) is 0 Å². The summed E-state index contributed by atoms with van der Waals surface area (Å²) in [5.74, 6) is -0.303. The number of rotatable bonds is 5. The van der Waals surface area contributed by atoms with Crippen LogP contribution in [-0.4, -0.2) is 29.5 Å². The van der Waals surface area contributed by atoms with E-state index < -0.39 is 6.09 Å². The predicted molar refractivity (Wildman–Crippen MR) is 90.1 cm³/mol. The molecular formula is C18H20ClNO3. The fourth-order valence-corrected chi connectivity index (χ4v) is 2.65. The molecule has 0 aromatic heterocycles. The van der Waals surface area contributed by atoms with Gasteiger partial charge < -0.3 is 4.74 Å². The smallest absolute Gasteiger partial charge is 0.417 e. The zero-order chi connectivity index (χ0) is 16.8. The van der Waals surface area contributed by atoms with E-state index in [4.69, 9.17) is 16.3 Å². The minimum Gasteiger partial charge on any atom is -0.447 e. The second kappa shape index (κ2) is 7.97. The molecule has 1 aromatic rings. The van der Waals surface area contributed by atoms with E-state index in [9.17, 15) is 9.59 Å². The van der Waals surface area contributed by atoms with Gasteiger partial charge in [-0.1, -0.05) is 53.6 Å². The average molecular weight is 334 g/mol. The second-order valence-corrected chi connectivity index (χ2v) is 5.89. The molecule has 1 heterocycles. The topological polar surface area (TPSA) is 46.6 Å². The van der Waals surface area contributed by atoms with Crippen LogP contribution >= 0.6 is 11.6 Å². The van der Waals surface area contributed by atoms with E-state index in [1.807, 2.05) is 44.2 Å². The van der Waals surface area contributed by atoms with Crippen LogP contribution in [0.4, 0.5) is 4.79 Å². The number of nitrogens with zero attached hydrogens (tertiary/aromatic N) is 1. The normalized spacial score (nSPS) is 17.4. The quantitative estimate of drug-likeness (QED) is 0.763. The molecule has 1 atom stereocenters. The van der Waals surface area contributed by atoms with Crippen LogP contribution < -0.4 is 0 Å². The van der Waals surface area contributed by atoms with E-state index in [1.54, 1.807) is 6.08 Å². The molecule has 1 fully saturated rings. The van der Waals surface area contributed by atoms with Crippen molar-refractivity contribution in [1.29, 1.82) is 0 Å². The molecule has 1 aliphatic rings. The molecule has 1 unspecified atom stereocenters. The van der Waals surface area contributed by atoms with Crippen molar-refractivity contribution in [3.05, 3.63) is 58.7 Å². The molecule has 2 amide bonds. The molecule has 0 bridgehead atoms. The molecule has 1 aromatic carbocycles. The van der Waals surface area contributed by atoms with E-state index >= 15 is 0 Å². The summed E-state index contributed by atoms with van der Waals surface area (Å²) >= 11 is 5.56. The lowest BCUT2D eigenvalue weighted by Gasteiger charge is -2.21. The highest BCUT2D eigenvalue weighted by molar-refractivity contribution is 6.25. The van der Waals surface area contributed by atoms with Crippen LogP contribution in [0.1, 0.15) is 25.8 Å². The number of amides is 2. The van der Waals surface area contributed by atoms with Gasteiger partial charge >= 0.3 is 6.09 Å². The van der Waals surface area contributed by atoms with E-state index in [0.717, 1.165) is 11.1 Å². The van der Waals surface area contributed by atoms with Crippen LogP contribution in [0.2, 0.25) is 0 Å². The molecule has 0 spiro atoms. The standard InChI is InChI=1S/C18H20ClNO3/c1-13(2)16(9-6-10-19)17(21)20-15(12-23-18(20)22)11-14-7-4-3-5-8-14/h3-8,10,15H,9,11-12H2,1-2H3. The van der Waals surface area contributed by atoms with Gasteiger partial charge in [0, 0.05) is 11.1 Å².